The number of aliphatic carboxylic acids is 1. The van der Waals surface area contributed by atoms with Crippen molar-refractivity contribution in [3.05, 3.63) is 127 Å². The lowest BCUT2D eigenvalue weighted by Gasteiger charge is -2.15. The Morgan fingerprint density at radius 2 is 1.56 bits per heavy atom. The summed E-state index contributed by atoms with van der Waals surface area (Å²) in [5.74, 6) is -0.897. The standard InChI is InChI=1S/C42H44N6O8S/c49-39(21-8-3-13-25-56-40-27-34(30-14-4-1-5-15-30)26-36(47-40)31-16-6-2-7-17-31)46-35(42(51)52)19-11-12-24-43-41(50)33-22-23-38(44-28-33)48-45-29-32-18-9-10-20-37(32)57(53,54)55/h1-2,4-7,9-10,14-18,20,22-23,26-29,35H,3,8,11-13,19,21,24-25H2,(H,43,50)(H,44,48)(H,46,49)(H,51,52)(H,53,54,55)/b45-29+/t35-/m0/s1. The van der Waals surface area contributed by atoms with Crippen LogP contribution in [0.4, 0.5) is 5.82 Å². The van der Waals surface area contributed by atoms with E-state index in [1.165, 1.54) is 36.0 Å². The molecule has 0 aliphatic rings. The van der Waals surface area contributed by atoms with Crippen molar-refractivity contribution in [2.45, 2.75) is 55.9 Å². The van der Waals surface area contributed by atoms with Crippen LogP contribution in [0.25, 0.3) is 22.4 Å². The van der Waals surface area contributed by atoms with Gasteiger partial charge in [0, 0.05) is 42.4 Å². The van der Waals surface area contributed by atoms with E-state index in [0.717, 1.165) is 22.4 Å². The Bertz CT molecular complexity index is 2180. The number of rotatable bonds is 21. The van der Waals surface area contributed by atoms with E-state index in [4.69, 9.17) is 9.72 Å². The van der Waals surface area contributed by atoms with Crippen molar-refractivity contribution in [2.24, 2.45) is 5.10 Å². The molecule has 5 N–H and O–H groups in total. The van der Waals surface area contributed by atoms with Crippen LogP contribution in [0.5, 0.6) is 5.88 Å². The predicted molar refractivity (Wildman–Crippen MR) is 213 cm³/mol. The number of carboxylic acid groups (broad SMARTS) is 1. The molecule has 5 rings (SSSR count). The Labute approximate surface area is 331 Å². The summed E-state index contributed by atoms with van der Waals surface area (Å²) in [5, 5.41) is 19.1. The first kappa shape index (κ1) is 41.9. The summed E-state index contributed by atoms with van der Waals surface area (Å²) < 4.78 is 40.3. The minimum Gasteiger partial charge on any atom is -0.744 e. The minimum absolute atomic E-state index is 0.142. The fraction of sp³-hybridized carbons (Fsp3) is 0.238. The maximum Gasteiger partial charge on any atom is 0.326 e. The largest absolute Gasteiger partial charge is 0.744 e. The molecule has 0 bridgehead atoms. The van der Waals surface area contributed by atoms with Crippen molar-refractivity contribution in [1.82, 2.24) is 20.6 Å². The summed E-state index contributed by atoms with van der Waals surface area (Å²) in [7, 11) is -4.66. The molecule has 3 aromatic carbocycles. The van der Waals surface area contributed by atoms with Gasteiger partial charge in [-0.15, -0.1) is 0 Å². The monoisotopic (exact) mass is 792 g/mol. The second-order valence-corrected chi connectivity index (χ2v) is 14.4. The van der Waals surface area contributed by atoms with Gasteiger partial charge in [-0.05, 0) is 67.9 Å². The Morgan fingerprint density at radius 3 is 2.26 bits per heavy atom. The topological polar surface area (TPSA) is 217 Å². The quantitative estimate of drug-likeness (QED) is 0.0255. The van der Waals surface area contributed by atoms with Crippen molar-refractivity contribution in [3.8, 4) is 28.3 Å². The number of quaternary nitrogens is 1. The molecule has 0 aliphatic heterocycles. The number of aromatic nitrogens is 2. The highest BCUT2D eigenvalue weighted by Crippen LogP contribution is 2.29. The van der Waals surface area contributed by atoms with Crippen LogP contribution < -0.4 is 20.8 Å². The van der Waals surface area contributed by atoms with Crippen LogP contribution in [0.2, 0.25) is 0 Å². The number of hydrogen-bond donors (Lipinski definition) is 4. The first-order valence-electron chi connectivity index (χ1n) is 18.5. The Hall–Kier alpha value is -6.29. The number of carbonyl (C=O) groups excluding carboxylic acids is 2. The van der Waals surface area contributed by atoms with Gasteiger partial charge in [-0.3, -0.25) is 9.59 Å². The predicted octanol–water partition coefficient (Wildman–Crippen LogP) is 5.05. The van der Waals surface area contributed by atoms with Crippen molar-refractivity contribution in [3.63, 3.8) is 0 Å². The number of nitrogens with two attached hydrogens (primary N) is 1. The Balaban J connectivity index is 0.971. The number of hydrogen-bond acceptors (Lipinski definition) is 10. The van der Waals surface area contributed by atoms with Crippen molar-refractivity contribution < 1.29 is 42.6 Å². The Morgan fingerprint density at radius 1 is 0.842 bits per heavy atom. The van der Waals surface area contributed by atoms with Gasteiger partial charge in [0.15, 0.2) is 0 Å². The lowest BCUT2D eigenvalue weighted by Crippen LogP contribution is -2.71. The smallest absolute Gasteiger partial charge is 0.326 e. The number of amides is 2. The average molecular weight is 793 g/mol. The summed E-state index contributed by atoms with van der Waals surface area (Å²) >= 11 is 0. The molecule has 1 atom stereocenters. The third-order valence-corrected chi connectivity index (χ3v) is 9.68. The van der Waals surface area contributed by atoms with Crippen LogP contribution in [0.15, 0.2) is 125 Å². The number of carbonyl (C=O) groups is 3. The summed E-state index contributed by atoms with van der Waals surface area (Å²) in [4.78, 5) is 45.5. The summed E-state index contributed by atoms with van der Waals surface area (Å²) in [6, 6.07) is 31.6. The molecule has 0 saturated carbocycles. The first-order valence-corrected chi connectivity index (χ1v) is 19.9. The maximum atomic E-state index is 12.6. The number of nitrogens with one attached hydrogen (secondary N) is 2. The highest BCUT2D eigenvalue weighted by molar-refractivity contribution is 7.85. The number of carboxylic acids is 1. The molecule has 0 fully saturated rings. The molecule has 15 heteroatoms. The molecule has 57 heavy (non-hydrogen) atoms. The molecule has 0 radical (unpaired) electrons. The molecular formula is C42H44N6O8S. The number of nitrogens with zero attached hydrogens (tertiary/aromatic N) is 3. The summed E-state index contributed by atoms with van der Waals surface area (Å²) in [6.07, 6.45) is 5.94. The van der Waals surface area contributed by atoms with Gasteiger partial charge in [0.2, 0.25) is 11.8 Å². The van der Waals surface area contributed by atoms with E-state index in [0.29, 0.717) is 62.5 Å². The molecular weight excluding hydrogens is 749 g/mol. The van der Waals surface area contributed by atoms with E-state index in [1.807, 2.05) is 72.8 Å². The fourth-order valence-corrected chi connectivity index (χ4v) is 6.46. The number of unbranched alkanes of at least 4 members (excludes halogenated alkanes) is 3. The molecule has 0 unspecified atom stereocenters. The van der Waals surface area contributed by atoms with Crippen molar-refractivity contribution in [2.75, 3.05) is 13.2 Å². The lowest BCUT2D eigenvalue weighted by molar-refractivity contribution is -0.580. The minimum atomic E-state index is -4.66. The van der Waals surface area contributed by atoms with Crippen LogP contribution in [-0.2, 0) is 19.7 Å². The SMILES string of the molecule is O=C(CCCCCOc1cc(-c2ccccc2)cc(-c2ccccc2)n1)N[C@@H](CCCCNC(=O)c1ccc([NH2+]/N=C/c2ccccc2S(=O)(=O)[O-])nc1)C(=O)O. The van der Waals surface area contributed by atoms with Gasteiger partial charge in [-0.1, -0.05) is 84.0 Å². The second kappa shape index (κ2) is 21.1. The van der Waals surface area contributed by atoms with E-state index in [1.54, 1.807) is 18.2 Å². The van der Waals surface area contributed by atoms with E-state index in [2.05, 4.69) is 20.7 Å². The molecule has 2 amide bonds. The van der Waals surface area contributed by atoms with Crippen LogP contribution in [0.1, 0.15) is 60.9 Å². The molecule has 5 aromatic rings. The van der Waals surface area contributed by atoms with Crippen molar-refractivity contribution >= 4 is 39.9 Å². The maximum absolute atomic E-state index is 12.6. The number of pyridine rings is 2. The van der Waals surface area contributed by atoms with Gasteiger partial charge in [0.05, 0.1) is 29.0 Å². The molecule has 0 saturated heterocycles. The number of ether oxygens (including phenoxy) is 1. The summed E-state index contributed by atoms with van der Waals surface area (Å²) in [5.41, 5.74) is 5.65. The van der Waals surface area contributed by atoms with Crippen LogP contribution in [0.3, 0.4) is 0 Å². The Kier molecular flexibility index (Phi) is 15.5. The van der Waals surface area contributed by atoms with E-state index in [9.17, 15) is 32.5 Å². The number of benzene rings is 3. The first-order chi connectivity index (χ1) is 27.6. The zero-order valence-electron chi connectivity index (χ0n) is 31.1. The zero-order chi connectivity index (χ0) is 40.5. The van der Waals surface area contributed by atoms with Crippen LogP contribution in [0, 0.1) is 0 Å². The van der Waals surface area contributed by atoms with Gasteiger partial charge < -0.3 is 25.0 Å². The third kappa shape index (κ3) is 13.5. The second-order valence-electron chi connectivity index (χ2n) is 13.1. The van der Waals surface area contributed by atoms with Gasteiger partial charge in [-0.25, -0.2) is 23.2 Å². The van der Waals surface area contributed by atoms with Gasteiger partial charge in [-0.2, -0.15) is 5.43 Å². The van der Waals surface area contributed by atoms with Crippen LogP contribution >= 0.6 is 0 Å². The van der Waals surface area contributed by atoms with Gasteiger partial charge in [0.25, 0.3) is 11.7 Å². The molecule has 0 aliphatic carbocycles. The molecule has 2 heterocycles. The fourth-order valence-electron chi connectivity index (χ4n) is 5.80. The molecule has 0 spiro atoms. The van der Waals surface area contributed by atoms with Crippen LogP contribution in [-0.4, -0.2) is 71.2 Å². The van der Waals surface area contributed by atoms with Gasteiger partial charge >= 0.3 is 5.97 Å². The van der Waals surface area contributed by atoms with Crippen molar-refractivity contribution in [1.29, 1.82) is 0 Å². The molecule has 2 aromatic heterocycles. The van der Waals surface area contributed by atoms with E-state index in [-0.39, 0.29) is 35.1 Å². The van der Waals surface area contributed by atoms with E-state index >= 15 is 0 Å². The third-order valence-electron chi connectivity index (χ3n) is 8.77. The molecule has 14 nitrogen and oxygen atoms in total. The average Bonchev–Trinajstić information content (AvgIpc) is 3.22. The highest BCUT2D eigenvalue weighted by Gasteiger charge is 2.19. The molecule has 296 valence electrons. The van der Waals surface area contributed by atoms with Gasteiger partial charge in [0.1, 0.15) is 16.2 Å². The summed E-state index contributed by atoms with van der Waals surface area (Å²) in [6.45, 7) is 0.712. The zero-order valence-corrected chi connectivity index (χ0v) is 31.9. The highest BCUT2D eigenvalue weighted by atomic mass is 32.2. The lowest BCUT2D eigenvalue weighted by atomic mass is 10.0. The normalized spacial score (nSPS) is 11.9. The van der Waals surface area contributed by atoms with E-state index < -0.39 is 22.1 Å².